The molecule has 0 radical (unpaired) electrons. The predicted octanol–water partition coefficient (Wildman–Crippen LogP) is 3.66. The van der Waals surface area contributed by atoms with Crippen molar-refractivity contribution in [3.8, 4) is 11.5 Å². The van der Waals surface area contributed by atoms with Crippen molar-refractivity contribution >= 4 is 5.91 Å². The van der Waals surface area contributed by atoms with Crippen LogP contribution < -0.4 is 4.74 Å². The summed E-state index contributed by atoms with van der Waals surface area (Å²) in [5.74, 6) is 1.95. The number of piperidine rings is 1. The number of rotatable bonds is 6. The number of ether oxygens (including phenoxy) is 2. The number of nitrogens with zero attached hydrogens (tertiary/aromatic N) is 2. The van der Waals surface area contributed by atoms with E-state index in [-0.39, 0.29) is 5.91 Å². The molecule has 3 heterocycles. The van der Waals surface area contributed by atoms with Gasteiger partial charge in [0.25, 0.3) is 5.91 Å². The number of fused-ring (bicyclic) bond motifs is 4. The second-order valence-electron chi connectivity index (χ2n) is 7.71. The average Bonchev–Trinajstić information content (AvgIpc) is 3.05. The Morgan fingerprint density at radius 1 is 1.00 bits per heavy atom. The van der Waals surface area contributed by atoms with Crippen LogP contribution in [0.5, 0.6) is 11.5 Å². The lowest BCUT2D eigenvalue weighted by atomic mass is 9.95. The van der Waals surface area contributed by atoms with Crippen LogP contribution >= 0.6 is 0 Å². The minimum absolute atomic E-state index is 0.0667. The number of hydrogen-bond acceptors (Lipinski definition) is 4. The highest BCUT2D eigenvalue weighted by Crippen LogP contribution is 2.31. The topological polar surface area (TPSA) is 42.0 Å². The van der Waals surface area contributed by atoms with E-state index in [1.165, 1.54) is 6.42 Å². The first-order valence-corrected chi connectivity index (χ1v) is 10.1. The monoisotopic (exact) mass is 380 g/mol. The molecule has 3 aliphatic heterocycles. The van der Waals surface area contributed by atoms with Crippen LogP contribution in [-0.4, -0.2) is 61.6 Å². The SMILES string of the molecule is COCCN1C[C@H]2CC[C@@H]1CN(C(=O)c1ccccc1Oc1ccccc1)C2. The van der Waals surface area contributed by atoms with E-state index in [2.05, 4.69) is 4.90 Å². The van der Waals surface area contributed by atoms with Gasteiger partial charge < -0.3 is 14.4 Å². The van der Waals surface area contributed by atoms with Gasteiger partial charge >= 0.3 is 0 Å². The van der Waals surface area contributed by atoms with Crippen LogP contribution in [0.4, 0.5) is 0 Å². The van der Waals surface area contributed by atoms with Crippen molar-refractivity contribution in [2.45, 2.75) is 18.9 Å². The molecule has 148 valence electrons. The third-order valence-electron chi connectivity index (χ3n) is 5.79. The summed E-state index contributed by atoms with van der Waals surface area (Å²) in [4.78, 5) is 17.9. The van der Waals surface area contributed by atoms with Crippen molar-refractivity contribution in [3.05, 3.63) is 60.2 Å². The molecule has 2 atom stereocenters. The van der Waals surface area contributed by atoms with E-state index in [0.29, 0.717) is 23.3 Å². The van der Waals surface area contributed by atoms with Crippen molar-refractivity contribution < 1.29 is 14.3 Å². The number of carbonyl (C=O) groups excluding carboxylic acids is 1. The Labute approximate surface area is 166 Å². The molecule has 0 saturated carbocycles. The van der Waals surface area contributed by atoms with Crippen molar-refractivity contribution in [1.82, 2.24) is 9.80 Å². The standard InChI is InChI=1S/C23H28N2O3/c1-27-14-13-24-15-18-11-12-19(24)17-25(16-18)23(26)21-9-5-6-10-22(21)28-20-7-3-2-4-8-20/h2-10,18-19H,11-17H2,1H3/t18-,19-/m1/s1. The van der Waals surface area contributed by atoms with E-state index in [4.69, 9.17) is 9.47 Å². The Kier molecular flexibility index (Phi) is 5.93. The van der Waals surface area contributed by atoms with E-state index in [9.17, 15) is 4.79 Å². The Balaban J connectivity index is 1.52. The largest absolute Gasteiger partial charge is 0.457 e. The fraction of sp³-hybridized carbons (Fsp3) is 0.435. The second-order valence-corrected chi connectivity index (χ2v) is 7.71. The minimum atomic E-state index is 0.0667. The zero-order chi connectivity index (χ0) is 19.3. The molecule has 3 saturated heterocycles. The lowest BCUT2D eigenvalue weighted by Crippen LogP contribution is -2.45. The van der Waals surface area contributed by atoms with E-state index in [0.717, 1.165) is 45.0 Å². The summed E-state index contributed by atoms with van der Waals surface area (Å²) in [5.41, 5.74) is 0.635. The zero-order valence-corrected chi connectivity index (χ0v) is 16.4. The van der Waals surface area contributed by atoms with Crippen molar-refractivity contribution in [2.24, 2.45) is 5.92 Å². The molecule has 3 aliphatic rings. The molecule has 5 rings (SSSR count). The van der Waals surface area contributed by atoms with Crippen molar-refractivity contribution in [1.29, 1.82) is 0 Å². The highest BCUT2D eigenvalue weighted by molar-refractivity contribution is 5.97. The van der Waals surface area contributed by atoms with Gasteiger partial charge in [-0.05, 0) is 43.0 Å². The van der Waals surface area contributed by atoms with Gasteiger partial charge in [-0.15, -0.1) is 0 Å². The first-order chi connectivity index (χ1) is 13.7. The molecule has 5 nitrogen and oxygen atoms in total. The molecule has 1 amide bonds. The molecule has 0 aromatic heterocycles. The molecule has 2 aromatic rings. The second kappa shape index (κ2) is 8.76. The molecular formula is C23H28N2O3. The van der Waals surface area contributed by atoms with Crippen LogP contribution in [0.15, 0.2) is 54.6 Å². The van der Waals surface area contributed by atoms with E-state index >= 15 is 0 Å². The molecule has 0 unspecified atom stereocenters. The van der Waals surface area contributed by atoms with E-state index < -0.39 is 0 Å². The number of carbonyl (C=O) groups is 1. The molecular weight excluding hydrogens is 352 g/mol. The van der Waals surface area contributed by atoms with Gasteiger partial charge in [-0.25, -0.2) is 0 Å². The number of methoxy groups -OCH3 is 1. The smallest absolute Gasteiger partial charge is 0.257 e. The van der Waals surface area contributed by atoms with Crippen LogP contribution in [0.2, 0.25) is 0 Å². The summed E-state index contributed by atoms with van der Waals surface area (Å²) in [6, 6.07) is 17.6. The molecule has 28 heavy (non-hydrogen) atoms. The van der Waals surface area contributed by atoms with Gasteiger partial charge in [-0.2, -0.15) is 0 Å². The third kappa shape index (κ3) is 4.21. The van der Waals surface area contributed by atoms with Crippen LogP contribution in [0.3, 0.4) is 0 Å². The van der Waals surface area contributed by atoms with Gasteiger partial charge in [0, 0.05) is 39.3 Å². The number of hydrogen-bond donors (Lipinski definition) is 0. The zero-order valence-electron chi connectivity index (χ0n) is 16.4. The summed E-state index contributed by atoms with van der Waals surface area (Å²) < 4.78 is 11.3. The number of benzene rings is 2. The fourth-order valence-corrected chi connectivity index (χ4v) is 4.35. The first-order valence-electron chi connectivity index (χ1n) is 10.1. The maximum atomic E-state index is 13.4. The third-order valence-corrected chi connectivity index (χ3v) is 5.79. The van der Waals surface area contributed by atoms with Crippen LogP contribution in [0.25, 0.3) is 0 Å². The predicted molar refractivity (Wildman–Crippen MR) is 109 cm³/mol. The number of para-hydroxylation sites is 2. The molecule has 0 spiro atoms. The van der Waals surface area contributed by atoms with Crippen molar-refractivity contribution in [2.75, 3.05) is 39.9 Å². The molecule has 2 aromatic carbocycles. The van der Waals surface area contributed by atoms with Crippen LogP contribution in [0.1, 0.15) is 23.2 Å². The summed E-state index contributed by atoms with van der Waals surface area (Å²) in [6.07, 6.45) is 2.35. The van der Waals surface area contributed by atoms with Gasteiger partial charge in [0.1, 0.15) is 11.5 Å². The number of amides is 1. The van der Waals surface area contributed by atoms with E-state index in [1.807, 2.05) is 59.5 Å². The van der Waals surface area contributed by atoms with E-state index in [1.54, 1.807) is 7.11 Å². The minimum Gasteiger partial charge on any atom is -0.457 e. The Bertz CT molecular complexity index is 795. The first kappa shape index (κ1) is 19.0. The van der Waals surface area contributed by atoms with Gasteiger partial charge in [0.15, 0.2) is 0 Å². The van der Waals surface area contributed by atoms with Gasteiger partial charge in [-0.3, -0.25) is 9.69 Å². The maximum Gasteiger partial charge on any atom is 0.257 e. The molecule has 0 aliphatic carbocycles. The lowest BCUT2D eigenvalue weighted by Gasteiger charge is -2.35. The van der Waals surface area contributed by atoms with Crippen LogP contribution in [-0.2, 0) is 4.74 Å². The highest BCUT2D eigenvalue weighted by atomic mass is 16.5. The average molecular weight is 380 g/mol. The summed E-state index contributed by atoms with van der Waals surface area (Å²) in [5, 5.41) is 0. The Morgan fingerprint density at radius 2 is 1.79 bits per heavy atom. The van der Waals surface area contributed by atoms with Crippen LogP contribution in [0, 0.1) is 5.92 Å². The fourth-order valence-electron chi connectivity index (χ4n) is 4.35. The summed E-state index contributed by atoms with van der Waals surface area (Å²) in [6.45, 7) is 4.33. The Morgan fingerprint density at radius 3 is 2.61 bits per heavy atom. The summed E-state index contributed by atoms with van der Waals surface area (Å²) in [7, 11) is 1.75. The molecule has 3 fully saturated rings. The Hall–Kier alpha value is -2.37. The summed E-state index contributed by atoms with van der Waals surface area (Å²) >= 11 is 0. The normalized spacial score (nSPS) is 22.1. The molecule has 5 heteroatoms. The van der Waals surface area contributed by atoms with Crippen molar-refractivity contribution in [3.63, 3.8) is 0 Å². The van der Waals surface area contributed by atoms with Gasteiger partial charge in [0.2, 0.25) is 0 Å². The lowest BCUT2D eigenvalue weighted by molar-refractivity contribution is 0.0715. The maximum absolute atomic E-state index is 13.4. The molecule has 0 N–H and O–H groups in total. The quantitative estimate of drug-likeness (QED) is 0.767. The highest BCUT2D eigenvalue weighted by Gasteiger charge is 2.36. The molecule has 2 bridgehead atoms. The van der Waals surface area contributed by atoms with Gasteiger partial charge in [-0.1, -0.05) is 30.3 Å². The van der Waals surface area contributed by atoms with Gasteiger partial charge in [0.05, 0.1) is 12.2 Å².